The van der Waals surface area contributed by atoms with Crippen LogP contribution in [0.15, 0.2) is 29.8 Å². The minimum Gasteiger partial charge on any atom is -0.334 e. The number of piperazine rings is 1. The van der Waals surface area contributed by atoms with Crippen LogP contribution in [0.1, 0.15) is 23.3 Å². The zero-order valence-corrected chi connectivity index (χ0v) is 15.4. The van der Waals surface area contributed by atoms with E-state index in [1.165, 1.54) is 17.8 Å². The van der Waals surface area contributed by atoms with Crippen molar-refractivity contribution in [2.75, 3.05) is 23.3 Å². The molecule has 134 valence electrons. The van der Waals surface area contributed by atoms with Gasteiger partial charge >= 0.3 is 0 Å². The highest BCUT2D eigenvalue weighted by atomic mass is 35.5. The number of piperidine rings is 2. The molecule has 9 heteroatoms. The fourth-order valence-electron chi connectivity index (χ4n) is 3.72. The van der Waals surface area contributed by atoms with Crippen LogP contribution in [0.5, 0.6) is 0 Å². The van der Waals surface area contributed by atoms with Gasteiger partial charge in [-0.2, -0.15) is 0 Å². The average molecular weight is 389 g/mol. The van der Waals surface area contributed by atoms with Crippen molar-refractivity contribution in [1.82, 2.24) is 19.9 Å². The Balaban J connectivity index is 1.47. The topological polar surface area (TPSA) is 74.6 Å². The summed E-state index contributed by atoms with van der Waals surface area (Å²) in [4.78, 5) is 19.5. The number of nitrogens with zero attached hydrogens (tertiary/aromatic N) is 4. The summed E-state index contributed by atoms with van der Waals surface area (Å²) in [5, 5.41) is 12.9. The van der Waals surface area contributed by atoms with Gasteiger partial charge in [0, 0.05) is 25.2 Å². The molecular weight excluding hydrogens is 372 g/mol. The first-order valence-corrected chi connectivity index (χ1v) is 9.84. The fourth-order valence-corrected chi connectivity index (χ4v) is 4.55. The van der Waals surface area contributed by atoms with Gasteiger partial charge in [0.1, 0.15) is 10.0 Å². The second-order valence-electron chi connectivity index (χ2n) is 6.66. The predicted octanol–water partition coefficient (Wildman–Crippen LogP) is 2.64. The Labute approximate surface area is 159 Å². The van der Waals surface area contributed by atoms with Gasteiger partial charge in [0.25, 0.3) is 5.91 Å². The highest BCUT2D eigenvalue weighted by Gasteiger charge is 2.35. The number of thiophene rings is 1. The fraction of sp³-hybridized carbons (Fsp3) is 0.353. The Kier molecular flexibility index (Phi) is 3.84. The van der Waals surface area contributed by atoms with Crippen LogP contribution < -0.4 is 15.5 Å². The monoisotopic (exact) mass is 388 g/mol. The number of rotatable bonds is 3. The van der Waals surface area contributed by atoms with Crippen molar-refractivity contribution in [2.24, 2.45) is 0 Å². The Morgan fingerprint density at radius 3 is 2.96 bits per heavy atom. The number of fused-ring (bicyclic) bond motifs is 4. The van der Waals surface area contributed by atoms with E-state index in [9.17, 15) is 4.79 Å². The zero-order valence-electron chi connectivity index (χ0n) is 13.9. The third-order valence-corrected chi connectivity index (χ3v) is 6.26. The lowest BCUT2D eigenvalue weighted by Gasteiger charge is -2.45. The highest BCUT2D eigenvalue weighted by Crippen LogP contribution is 2.29. The molecule has 26 heavy (non-hydrogen) atoms. The molecule has 2 N–H and O–H groups in total. The molecule has 2 atom stereocenters. The Bertz CT molecular complexity index is 977. The zero-order chi connectivity index (χ0) is 17.7. The molecule has 0 aromatic carbocycles. The molecule has 6 heterocycles. The molecule has 0 unspecified atom stereocenters. The van der Waals surface area contributed by atoms with Crippen molar-refractivity contribution in [3.05, 3.63) is 39.8 Å². The number of nitrogens with one attached hydrogen (secondary N) is 2. The van der Waals surface area contributed by atoms with Gasteiger partial charge in [0.15, 0.2) is 0 Å². The molecule has 1 amide bonds. The molecule has 0 aliphatic carbocycles. The normalized spacial score (nSPS) is 22.1. The first-order valence-electron chi connectivity index (χ1n) is 8.58. The summed E-state index contributed by atoms with van der Waals surface area (Å²) in [5.41, 5.74) is 1.87. The predicted molar refractivity (Wildman–Crippen MR) is 102 cm³/mol. The molecule has 0 saturated carbocycles. The number of carbonyl (C=O) groups is 1. The largest absolute Gasteiger partial charge is 0.334 e. The van der Waals surface area contributed by atoms with Gasteiger partial charge in [-0.15, -0.1) is 16.4 Å². The first kappa shape index (κ1) is 16.0. The number of anilines is 2. The molecule has 3 saturated heterocycles. The van der Waals surface area contributed by atoms with Gasteiger partial charge in [-0.05, 0) is 36.4 Å². The van der Waals surface area contributed by atoms with E-state index >= 15 is 0 Å². The average Bonchev–Trinajstić information content (AvgIpc) is 3.28. The second-order valence-corrected chi connectivity index (χ2v) is 8.18. The molecule has 3 aromatic heterocycles. The van der Waals surface area contributed by atoms with Gasteiger partial charge in [-0.3, -0.25) is 4.79 Å². The van der Waals surface area contributed by atoms with E-state index in [4.69, 9.17) is 11.6 Å². The molecule has 3 aromatic rings. The summed E-state index contributed by atoms with van der Waals surface area (Å²) in [6, 6.07) is 6.30. The summed E-state index contributed by atoms with van der Waals surface area (Å²) in [7, 11) is 0. The number of halogens is 1. The van der Waals surface area contributed by atoms with Crippen molar-refractivity contribution < 1.29 is 4.79 Å². The third-order valence-electron chi connectivity index (χ3n) is 5.09. The summed E-state index contributed by atoms with van der Waals surface area (Å²) in [6.45, 7) is 1.87. The number of amides is 1. The minimum absolute atomic E-state index is 0.239. The molecular formula is C17H17ClN6OS. The number of aromatic nitrogens is 3. The van der Waals surface area contributed by atoms with Crippen molar-refractivity contribution in [2.45, 2.75) is 24.9 Å². The maximum atomic E-state index is 12.7. The standard InChI is InChI=1S/C17H17ClN6OS/c18-15-13(5-6-26-15)21-16(25)14-4-3-12-8-20-17(22-24(12)14)23-9-10-1-2-11(23)7-19-10/h3-6,8,10-11,19H,1-2,7,9H2,(H,21,25)/t10-,11-/m0/s1. The second kappa shape index (κ2) is 6.22. The molecule has 6 rings (SSSR count). The van der Waals surface area contributed by atoms with Crippen LogP contribution >= 0.6 is 22.9 Å². The number of hydrogen-bond acceptors (Lipinski definition) is 6. The van der Waals surface area contributed by atoms with Crippen LogP contribution in [-0.4, -0.2) is 45.7 Å². The maximum absolute atomic E-state index is 12.7. The van der Waals surface area contributed by atoms with E-state index in [2.05, 4.69) is 25.6 Å². The van der Waals surface area contributed by atoms with Gasteiger partial charge in [0.2, 0.25) is 5.95 Å². The smallest absolute Gasteiger partial charge is 0.274 e. The quantitative estimate of drug-likeness (QED) is 0.721. The summed E-state index contributed by atoms with van der Waals surface area (Å²) in [5.74, 6) is 0.435. The van der Waals surface area contributed by atoms with Crippen LogP contribution in [0.2, 0.25) is 4.34 Å². The van der Waals surface area contributed by atoms with E-state index in [1.54, 1.807) is 22.8 Å². The van der Waals surface area contributed by atoms with Crippen LogP contribution in [0, 0.1) is 0 Å². The van der Waals surface area contributed by atoms with E-state index < -0.39 is 0 Å². The number of hydrogen-bond donors (Lipinski definition) is 2. The summed E-state index contributed by atoms with van der Waals surface area (Å²) >= 11 is 7.47. The van der Waals surface area contributed by atoms with Crippen molar-refractivity contribution in [3.8, 4) is 0 Å². The number of carbonyl (C=O) groups excluding carboxylic acids is 1. The van der Waals surface area contributed by atoms with Crippen LogP contribution in [-0.2, 0) is 0 Å². The van der Waals surface area contributed by atoms with Gasteiger partial charge in [-0.25, -0.2) is 9.50 Å². The van der Waals surface area contributed by atoms with Gasteiger partial charge in [0.05, 0.1) is 17.4 Å². The van der Waals surface area contributed by atoms with Crippen LogP contribution in [0.25, 0.3) is 5.52 Å². The van der Waals surface area contributed by atoms with Crippen molar-refractivity contribution in [3.63, 3.8) is 0 Å². The Morgan fingerprint density at radius 2 is 2.27 bits per heavy atom. The lowest BCUT2D eigenvalue weighted by molar-refractivity contribution is 0.102. The van der Waals surface area contributed by atoms with E-state index in [0.29, 0.717) is 33.7 Å². The maximum Gasteiger partial charge on any atom is 0.274 e. The molecule has 7 nitrogen and oxygen atoms in total. The van der Waals surface area contributed by atoms with Crippen molar-refractivity contribution in [1.29, 1.82) is 0 Å². The molecule has 3 fully saturated rings. The van der Waals surface area contributed by atoms with Crippen molar-refractivity contribution >= 4 is 46.0 Å². The summed E-state index contributed by atoms with van der Waals surface area (Å²) in [6.07, 6.45) is 4.11. The molecule has 0 radical (unpaired) electrons. The third kappa shape index (κ3) is 2.65. The van der Waals surface area contributed by atoms with Gasteiger partial charge in [-0.1, -0.05) is 11.6 Å². The van der Waals surface area contributed by atoms with E-state index in [-0.39, 0.29) is 5.91 Å². The van der Waals surface area contributed by atoms with Crippen LogP contribution in [0.4, 0.5) is 11.6 Å². The lowest BCUT2D eigenvalue weighted by atomic mass is 9.93. The van der Waals surface area contributed by atoms with Gasteiger partial charge < -0.3 is 15.5 Å². The first-order chi connectivity index (χ1) is 12.7. The lowest BCUT2D eigenvalue weighted by Crippen LogP contribution is -2.61. The molecule has 2 bridgehead atoms. The molecule has 0 spiro atoms. The molecule has 3 aliphatic heterocycles. The Hall–Kier alpha value is -2.16. The van der Waals surface area contributed by atoms with E-state index in [1.807, 2.05) is 11.4 Å². The summed E-state index contributed by atoms with van der Waals surface area (Å²) < 4.78 is 2.22. The van der Waals surface area contributed by atoms with E-state index in [0.717, 1.165) is 25.0 Å². The highest BCUT2D eigenvalue weighted by molar-refractivity contribution is 7.15. The molecule has 3 aliphatic rings. The minimum atomic E-state index is -0.239. The van der Waals surface area contributed by atoms with Crippen LogP contribution in [0.3, 0.4) is 0 Å². The SMILES string of the molecule is O=C(Nc1ccsc1Cl)c1ccc2cnc(N3C[C@@H]4CC[C@H]3CN4)nn12. The Morgan fingerprint density at radius 1 is 1.35 bits per heavy atom.